The molecule has 8 aromatic carbocycles. The number of alkyl halides is 6. The molecule has 0 spiro atoms. The summed E-state index contributed by atoms with van der Waals surface area (Å²) in [6.07, 6.45) is -11.7. The largest absolute Gasteiger partial charge is 0.508 e. The molecule has 0 aromatic heterocycles. The van der Waals surface area contributed by atoms with E-state index in [1.165, 1.54) is 60.7 Å². The van der Waals surface area contributed by atoms with E-state index in [9.17, 15) is 45.8 Å². The zero-order valence-corrected chi connectivity index (χ0v) is 36.2. The first kappa shape index (κ1) is 46.3. The molecule has 0 aliphatic rings. The van der Waals surface area contributed by atoms with Crippen LogP contribution in [0.3, 0.4) is 0 Å². The minimum absolute atomic E-state index is 0.0327. The molecule has 0 aliphatic carbocycles. The van der Waals surface area contributed by atoms with E-state index >= 15 is 0 Å². The Morgan fingerprint density at radius 2 is 0.721 bits per heavy atom. The first-order chi connectivity index (χ1) is 32.4. The second-order valence-corrected chi connectivity index (χ2v) is 16.1. The molecule has 0 heterocycles. The number of rotatable bonds is 13. The third-order valence-electron chi connectivity index (χ3n) is 11.5. The molecule has 0 bridgehead atoms. The molecule has 0 aliphatic heterocycles. The molecule has 8 rings (SSSR count). The van der Waals surface area contributed by atoms with Gasteiger partial charge in [-0.05, 0) is 145 Å². The molecule has 6 nitrogen and oxygen atoms in total. The van der Waals surface area contributed by atoms with Crippen LogP contribution in [0.4, 0.5) is 26.3 Å². The summed E-state index contributed by atoms with van der Waals surface area (Å²) in [4.78, 5) is 39.5. The van der Waals surface area contributed by atoms with Crippen LogP contribution in [-0.2, 0) is 5.41 Å². The third-order valence-corrected chi connectivity index (χ3v) is 11.5. The Labute approximate surface area is 386 Å². The number of phenols is 1. The number of hydrogen-bond donors (Lipinski definition) is 1. The van der Waals surface area contributed by atoms with Crippen molar-refractivity contribution in [3.63, 3.8) is 0 Å². The fourth-order valence-corrected chi connectivity index (χ4v) is 7.82. The molecule has 0 amide bonds. The predicted octanol–water partition coefficient (Wildman–Crippen LogP) is 14.4. The molecule has 0 atom stereocenters. The number of hydrogen-bond acceptors (Lipinski definition) is 6. The van der Waals surface area contributed by atoms with Gasteiger partial charge in [-0.2, -0.15) is 26.3 Å². The lowest BCUT2D eigenvalue weighted by atomic mass is 9.73. The molecule has 0 unspecified atom stereocenters. The maximum absolute atomic E-state index is 15.0. The summed E-state index contributed by atoms with van der Waals surface area (Å²) in [7, 11) is 0. The predicted molar refractivity (Wildman–Crippen MR) is 245 cm³/mol. The van der Waals surface area contributed by atoms with Crippen LogP contribution in [0.15, 0.2) is 188 Å². The van der Waals surface area contributed by atoms with Crippen LogP contribution in [0.1, 0.15) is 70.0 Å². The van der Waals surface area contributed by atoms with Crippen molar-refractivity contribution in [2.75, 3.05) is 0 Å². The van der Waals surface area contributed by atoms with Crippen LogP contribution >= 0.6 is 0 Å². The molecular formula is C56H38F6O6. The molecule has 12 heteroatoms. The van der Waals surface area contributed by atoms with Crippen molar-refractivity contribution in [3.8, 4) is 39.9 Å². The second-order valence-electron chi connectivity index (χ2n) is 16.1. The van der Waals surface area contributed by atoms with Gasteiger partial charge in [0.1, 0.15) is 28.7 Å². The zero-order chi connectivity index (χ0) is 48.4. The maximum atomic E-state index is 15.0. The Morgan fingerprint density at radius 3 is 1.12 bits per heavy atom. The third kappa shape index (κ3) is 9.39. The van der Waals surface area contributed by atoms with Crippen molar-refractivity contribution in [1.82, 2.24) is 0 Å². The fourth-order valence-electron chi connectivity index (χ4n) is 7.82. The van der Waals surface area contributed by atoms with Crippen LogP contribution in [0.25, 0.3) is 11.1 Å². The van der Waals surface area contributed by atoms with Crippen LogP contribution < -0.4 is 9.47 Å². The van der Waals surface area contributed by atoms with E-state index < -0.39 is 28.9 Å². The smallest absolute Gasteiger partial charge is 0.411 e. The molecule has 0 fully saturated rings. The number of phenolic OH excluding ortho intramolecular Hbond substituents is 1. The number of ketones is 3. The van der Waals surface area contributed by atoms with Gasteiger partial charge in [0.25, 0.3) is 0 Å². The quantitative estimate of drug-likeness (QED) is 0.0915. The minimum atomic E-state index is -5.83. The second kappa shape index (κ2) is 18.6. The van der Waals surface area contributed by atoms with E-state index in [1.54, 1.807) is 66.7 Å². The number of ether oxygens (including phenoxy) is 2. The number of aromatic hydroxyl groups is 1. The fraction of sp³-hybridized carbons (Fsp3) is 0.0893. The van der Waals surface area contributed by atoms with Gasteiger partial charge in [0.15, 0.2) is 17.3 Å². The van der Waals surface area contributed by atoms with E-state index in [4.69, 9.17) is 9.47 Å². The molecular weight excluding hydrogens is 883 g/mol. The molecule has 340 valence electrons. The van der Waals surface area contributed by atoms with E-state index in [2.05, 4.69) is 0 Å². The number of benzene rings is 8. The van der Waals surface area contributed by atoms with Crippen LogP contribution in [0.2, 0.25) is 0 Å². The van der Waals surface area contributed by atoms with Crippen molar-refractivity contribution >= 4 is 17.3 Å². The van der Waals surface area contributed by atoms with Gasteiger partial charge in [-0.15, -0.1) is 0 Å². The number of aryl methyl sites for hydroxylation is 2. The summed E-state index contributed by atoms with van der Waals surface area (Å²) in [5.41, 5.74) is -0.936. The summed E-state index contributed by atoms with van der Waals surface area (Å²) in [6.45, 7) is 3.72. The van der Waals surface area contributed by atoms with E-state index in [0.29, 0.717) is 39.9 Å². The van der Waals surface area contributed by atoms with E-state index in [-0.39, 0.29) is 51.7 Å². The standard InChI is InChI=1S/C56H38F6O6/c1-34-3-6-37(7-4-34)51(64)39-15-25-46(26-16-39)67-48-29-19-43(20-30-48)54(55(57,58)59,56(60,61)62)44-21-31-49(32-22-44)68-47-27-17-40(18-28-47)52(65)38-11-9-36(10-12-38)42-8-5-35(2)50(33-42)53(66)41-13-23-45(63)24-14-41/h3-33,63H,1-2H3. The van der Waals surface area contributed by atoms with Crippen molar-refractivity contribution in [2.24, 2.45) is 0 Å². The van der Waals surface area contributed by atoms with Crippen molar-refractivity contribution in [1.29, 1.82) is 0 Å². The lowest BCUT2D eigenvalue weighted by molar-refractivity contribution is -0.288. The van der Waals surface area contributed by atoms with Gasteiger partial charge < -0.3 is 14.6 Å². The van der Waals surface area contributed by atoms with E-state index in [1.807, 2.05) is 26.0 Å². The van der Waals surface area contributed by atoms with Crippen LogP contribution in [0, 0.1) is 13.8 Å². The highest BCUT2D eigenvalue weighted by Crippen LogP contribution is 2.56. The Balaban J connectivity index is 0.944. The Bertz CT molecular complexity index is 3090. The maximum Gasteiger partial charge on any atom is 0.411 e. The highest BCUT2D eigenvalue weighted by atomic mass is 19.4. The first-order valence-electron chi connectivity index (χ1n) is 21.0. The van der Waals surface area contributed by atoms with Crippen LogP contribution in [0.5, 0.6) is 28.7 Å². The van der Waals surface area contributed by atoms with Gasteiger partial charge in [0.2, 0.25) is 5.41 Å². The summed E-state index contributed by atoms with van der Waals surface area (Å²) >= 11 is 0. The average Bonchev–Trinajstić information content (AvgIpc) is 3.32. The van der Waals surface area contributed by atoms with Gasteiger partial charge in [-0.25, -0.2) is 0 Å². The average molecular weight is 921 g/mol. The lowest BCUT2D eigenvalue weighted by Gasteiger charge is -2.38. The van der Waals surface area contributed by atoms with Crippen molar-refractivity contribution in [2.45, 2.75) is 31.6 Å². The Hall–Kier alpha value is -8.25. The molecule has 8 aromatic rings. The zero-order valence-electron chi connectivity index (χ0n) is 36.2. The monoisotopic (exact) mass is 920 g/mol. The molecule has 0 saturated heterocycles. The van der Waals surface area contributed by atoms with E-state index in [0.717, 1.165) is 58.7 Å². The number of halogens is 6. The lowest BCUT2D eigenvalue weighted by Crippen LogP contribution is -2.54. The topological polar surface area (TPSA) is 89.9 Å². The van der Waals surface area contributed by atoms with Gasteiger partial charge in [0.05, 0.1) is 0 Å². The molecule has 68 heavy (non-hydrogen) atoms. The Morgan fingerprint density at radius 1 is 0.397 bits per heavy atom. The van der Waals surface area contributed by atoms with Gasteiger partial charge in [-0.3, -0.25) is 14.4 Å². The Kier molecular flexibility index (Phi) is 12.6. The summed E-state index contributed by atoms with van der Waals surface area (Å²) in [6, 6.07) is 44.0. The van der Waals surface area contributed by atoms with Crippen molar-refractivity contribution < 1.29 is 55.3 Å². The number of carbonyl (C=O) groups is 3. The number of carbonyl (C=O) groups excluding carboxylic acids is 3. The van der Waals surface area contributed by atoms with Gasteiger partial charge >= 0.3 is 12.4 Å². The van der Waals surface area contributed by atoms with Gasteiger partial charge in [0, 0.05) is 33.4 Å². The summed E-state index contributed by atoms with van der Waals surface area (Å²) in [5, 5.41) is 9.61. The molecule has 0 saturated carbocycles. The summed E-state index contributed by atoms with van der Waals surface area (Å²) in [5.74, 6) is -0.428. The van der Waals surface area contributed by atoms with Crippen molar-refractivity contribution in [3.05, 3.63) is 244 Å². The first-order valence-corrected chi connectivity index (χ1v) is 21.0. The normalized spacial score (nSPS) is 11.8. The SMILES string of the molecule is Cc1ccc(C(=O)c2ccc(Oc3ccc(C(c4ccc(Oc5ccc(C(=O)c6ccc(-c7ccc(C)c(C(=O)c8ccc(O)cc8)c7)cc6)cc5)cc4)(C(F)(F)F)C(F)(F)F)cc3)cc2)cc1. The molecule has 1 N–H and O–H groups in total. The summed E-state index contributed by atoms with van der Waals surface area (Å²) < 4.78 is 101. The molecule has 0 radical (unpaired) electrons. The highest BCUT2D eigenvalue weighted by molar-refractivity contribution is 6.11. The highest BCUT2D eigenvalue weighted by Gasteiger charge is 2.72. The van der Waals surface area contributed by atoms with Crippen LogP contribution in [-0.4, -0.2) is 34.8 Å². The minimum Gasteiger partial charge on any atom is -0.508 e. The van der Waals surface area contributed by atoms with Gasteiger partial charge in [-0.1, -0.05) is 90.5 Å².